The Bertz CT molecular complexity index is 1360. The van der Waals surface area contributed by atoms with Crippen LogP contribution in [0.1, 0.15) is 43.8 Å². The van der Waals surface area contributed by atoms with Crippen LogP contribution in [0, 0.1) is 40.2 Å². The normalized spacial score (nSPS) is 31.0. The first kappa shape index (κ1) is 20.9. The third-order valence-corrected chi connectivity index (χ3v) is 8.87. The number of alkyl halides is 1. The lowest BCUT2D eigenvalue weighted by Crippen LogP contribution is -2.52. The summed E-state index contributed by atoms with van der Waals surface area (Å²) in [5.41, 5.74) is 5.79. The van der Waals surface area contributed by atoms with Gasteiger partial charge in [-0.2, -0.15) is 9.78 Å². The van der Waals surface area contributed by atoms with Gasteiger partial charge >= 0.3 is 0 Å². The Labute approximate surface area is 201 Å². The quantitative estimate of drug-likeness (QED) is 0.290. The molecule has 4 fully saturated rings. The Morgan fingerprint density at radius 2 is 2.03 bits per heavy atom. The van der Waals surface area contributed by atoms with Crippen molar-refractivity contribution in [3.8, 4) is 6.07 Å². The number of nitrogen functional groups attached to an aromatic ring is 1. The molecule has 1 saturated heterocycles. The van der Waals surface area contributed by atoms with Crippen molar-refractivity contribution in [2.45, 2.75) is 42.1 Å². The molecule has 4 aliphatic rings. The highest BCUT2D eigenvalue weighted by Gasteiger charge is 2.62. The second kappa shape index (κ2) is 7.19. The van der Waals surface area contributed by atoms with Crippen molar-refractivity contribution in [1.29, 1.82) is 5.26 Å². The van der Waals surface area contributed by atoms with Crippen LogP contribution in [0.15, 0.2) is 12.1 Å². The second-order valence-electron chi connectivity index (χ2n) is 9.51. The number of halogens is 3. The molecule has 33 heavy (non-hydrogen) atoms. The third kappa shape index (κ3) is 3.02. The molecule has 1 aromatic carbocycles. The summed E-state index contributed by atoms with van der Waals surface area (Å²) in [5.74, 6) is -0.781. The first-order valence-corrected chi connectivity index (χ1v) is 12.2. The highest BCUT2D eigenvalue weighted by molar-refractivity contribution is 14.1. The summed E-state index contributed by atoms with van der Waals surface area (Å²) in [6, 6.07) is 4.30. The first-order chi connectivity index (χ1) is 15.8. The molecule has 2 bridgehead atoms. The summed E-state index contributed by atoms with van der Waals surface area (Å²) >= 11 is 2.31. The van der Waals surface area contributed by atoms with E-state index in [0.717, 1.165) is 31.7 Å². The summed E-state index contributed by atoms with van der Waals surface area (Å²) in [6.45, 7) is 0.459. The summed E-state index contributed by atoms with van der Waals surface area (Å²) < 4.78 is 29.5. The van der Waals surface area contributed by atoms with Crippen LogP contribution in [-0.4, -0.2) is 41.0 Å². The van der Waals surface area contributed by atoms with Crippen LogP contribution in [-0.2, 0) is 4.79 Å². The minimum atomic E-state index is -0.809. The van der Waals surface area contributed by atoms with E-state index in [1.54, 1.807) is 0 Å². The molecule has 170 valence electrons. The molecule has 3 aromatic rings. The fraction of sp³-hybridized carbons (Fsp3) is 0.500. The zero-order chi connectivity index (χ0) is 23.1. The molecule has 0 radical (unpaired) electrons. The molecule has 1 amide bonds. The van der Waals surface area contributed by atoms with Crippen LogP contribution in [0.5, 0.6) is 0 Å². The summed E-state index contributed by atoms with van der Waals surface area (Å²) in [6.07, 6.45) is 3.80. The van der Waals surface area contributed by atoms with Crippen LogP contribution < -0.4 is 5.73 Å². The monoisotopic (exact) mass is 563 g/mol. The van der Waals surface area contributed by atoms with Gasteiger partial charge in [0.2, 0.25) is 11.9 Å². The molecule has 2 aromatic heterocycles. The van der Waals surface area contributed by atoms with Crippen molar-refractivity contribution in [3.63, 3.8) is 0 Å². The van der Waals surface area contributed by atoms with Crippen LogP contribution in [0.25, 0.3) is 16.6 Å². The summed E-state index contributed by atoms with van der Waals surface area (Å²) in [4.78, 5) is 24.1. The number of likely N-dealkylation sites (tertiary alicyclic amines) is 1. The van der Waals surface area contributed by atoms with Crippen molar-refractivity contribution < 1.29 is 13.6 Å². The van der Waals surface area contributed by atoms with Gasteiger partial charge in [0, 0.05) is 18.5 Å². The van der Waals surface area contributed by atoms with Gasteiger partial charge in [0.15, 0.2) is 17.3 Å². The number of benzene rings is 1. The van der Waals surface area contributed by atoms with E-state index in [-0.39, 0.29) is 44.3 Å². The lowest BCUT2D eigenvalue weighted by molar-refractivity contribution is -0.148. The molecular weight excluding hydrogens is 543 g/mol. The molecule has 3 aliphatic carbocycles. The van der Waals surface area contributed by atoms with Crippen molar-refractivity contribution in [2.75, 3.05) is 12.3 Å². The Morgan fingerprint density at radius 1 is 1.24 bits per heavy atom. The number of hydrogen-bond acceptors (Lipinski definition) is 6. The number of rotatable bonds is 2. The van der Waals surface area contributed by atoms with Crippen molar-refractivity contribution in [3.05, 3.63) is 29.6 Å². The average Bonchev–Trinajstić information content (AvgIpc) is 3.46. The predicted octanol–water partition coefficient (Wildman–Crippen LogP) is 3.54. The van der Waals surface area contributed by atoms with Gasteiger partial charge < -0.3 is 10.6 Å². The number of aromatic nitrogens is 4. The maximum absolute atomic E-state index is 14.3. The SMILES string of the molecule is N#CC1CC2(C(=O)N3C[C@H](c4nc5c6cc(F)cc(F)c6nc(N)n5n4)CC[C@@H]3I)CC1C2. The van der Waals surface area contributed by atoms with Crippen LogP contribution >= 0.6 is 22.6 Å². The lowest BCUT2D eigenvalue weighted by atomic mass is 9.68. The fourth-order valence-electron chi connectivity index (χ4n) is 5.91. The molecule has 2 N–H and O–H groups in total. The summed E-state index contributed by atoms with van der Waals surface area (Å²) in [5, 5.41) is 14.1. The van der Waals surface area contributed by atoms with E-state index in [1.165, 1.54) is 10.6 Å². The van der Waals surface area contributed by atoms with E-state index in [0.29, 0.717) is 24.7 Å². The van der Waals surface area contributed by atoms with Gasteiger partial charge in [-0.15, -0.1) is 5.10 Å². The highest BCUT2D eigenvalue weighted by atomic mass is 127. The maximum Gasteiger partial charge on any atom is 0.229 e. The van der Waals surface area contributed by atoms with Gasteiger partial charge in [-0.05, 0) is 44.1 Å². The van der Waals surface area contributed by atoms with E-state index in [1.807, 2.05) is 4.90 Å². The molecule has 11 heteroatoms. The van der Waals surface area contributed by atoms with E-state index in [9.17, 15) is 18.8 Å². The minimum absolute atomic E-state index is 0.0214. The number of hydrogen-bond donors (Lipinski definition) is 1. The molecule has 3 heterocycles. The average molecular weight is 563 g/mol. The largest absolute Gasteiger partial charge is 0.368 e. The molecule has 3 atom stereocenters. The smallest absolute Gasteiger partial charge is 0.229 e. The van der Waals surface area contributed by atoms with Gasteiger partial charge in [0.25, 0.3) is 0 Å². The fourth-order valence-corrected chi connectivity index (χ4v) is 6.75. The topological polar surface area (TPSA) is 113 Å². The van der Waals surface area contributed by atoms with E-state index in [4.69, 9.17) is 5.73 Å². The van der Waals surface area contributed by atoms with E-state index < -0.39 is 17.0 Å². The minimum Gasteiger partial charge on any atom is -0.368 e. The number of nitrogens with two attached hydrogens (primary N) is 1. The Morgan fingerprint density at radius 3 is 2.76 bits per heavy atom. The molecule has 7 rings (SSSR count). The van der Waals surface area contributed by atoms with Gasteiger partial charge in [-0.1, -0.05) is 22.6 Å². The van der Waals surface area contributed by atoms with Gasteiger partial charge in [0.05, 0.1) is 26.8 Å². The van der Waals surface area contributed by atoms with Crippen LogP contribution in [0.2, 0.25) is 0 Å². The Hall–Kier alpha value is -2.62. The lowest BCUT2D eigenvalue weighted by Gasteiger charge is -2.45. The van der Waals surface area contributed by atoms with E-state index >= 15 is 0 Å². The number of fused-ring (bicyclic) bond motifs is 4. The zero-order valence-electron chi connectivity index (χ0n) is 17.5. The van der Waals surface area contributed by atoms with Crippen LogP contribution in [0.4, 0.5) is 14.7 Å². The number of nitrogens with zero attached hydrogens (tertiary/aromatic N) is 6. The number of amides is 1. The predicted molar refractivity (Wildman–Crippen MR) is 123 cm³/mol. The number of piperidine rings is 1. The van der Waals surface area contributed by atoms with Crippen molar-refractivity contribution in [1.82, 2.24) is 24.5 Å². The highest BCUT2D eigenvalue weighted by Crippen LogP contribution is 2.62. The number of carbonyl (C=O) groups excluding carboxylic acids is 1. The third-order valence-electron chi connectivity index (χ3n) is 7.58. The van der Waals surface area contributed by atoms with Crippen molar-refractivity contribution >= 4 is 51.0 Å². The Balaban J connectivity index is 1.34. The van der Waals surface area contributed by atoms with Crippen LogP contribution in [0.3, 0.4) is 0 Å². The molecule has 8 nitrogen and oxygen atoms in total. The van der Waals surface area contributed by atoms with Crippen molar-refractivity contribution in [2.24, 2.45) is 17.3 Å². The number of nitriles is 1. The maximum atomic E-state index is 14.3. The standard InChI is InChI=1S/C22H20F2IN7O/c23-13-3-14-17(15(24)4-13)28-21(27)32-19(14)29-18(30-32)10-1-2-16(25)31(9-10)20(33)22-5-11(6-22)12(7-22)8-26/h3-4,10-12,16H,1-2,5-7,9H2,(H2,27,28)/t10-,11?,12?,16-,22?/m1/s1. The van der Waals surface area contributed by atoms with Gasteiger partial charge in [0.1, 0.15) is 11.3 Å². The molecule has 3 saturated carbocycles. The zero-order valence-corrected chi connectivity index (χ0v) is 19.7. The molecule has 1 aliphatic heterocycles. The van der Waals surface area contributed by atoms with Gasteiger partial charge in [-0.3, -0.25) is 4.79 Å². The molecular formula is C22H20F2IN7O. The van der Waals surface area contributed by atoms with E-state index in [2.05, 4.69) is 43.7 Å². The first-order valence-electron chi connectivity index (χ1n) is 11.0. The number of anilines is 1. The molecule has 0 spiro atoms. The molecule has 1 unspecified atom stereocenters. The second-order valence-corrected chi connectivity index (χ2v) is 11.0. The van der Waals surface area contributed by atoms with Gasteiger partial charge in [-0.25, -0.2) is 18.7 Å². The summed E-state index contributed by atoms with van der Waals surface area (Å²) in [7, 11) is 0. The number of carbonyl (C=O) groups is 1. The Kier molecular flexibility index (Phi) is 4.56.